The molecule has 234 valence electrons. The van der Waals surface area contributed by atoms with E-state index in [1.165, 1.54) is 18.1 Å². The van der Waals surface area contributed by atoms with Crippen LogP contribution in [-0.4, -0.2) is 45.1 Å². The maximum absolute atomic E-state index is 14.4. The summed E-state index contributed by atoms with van der Waals surface area (Å²) in [4.78, 5) is 27.3. The number of hydrogen-bond acceptors (Lipinski definition) is 8. The maximum atomic E-state index is 14.4. The second-order valence-electron chi connectivity index (χ2n) is 10.5. The summed E-state index contributed by atoms with van der Waals surface area (Å²) < 4.78 is 7.42. The average molecular weight is 652 g/mol. The average Bonchev–Trinajstić information content (AvgIpc) is 3.58. The number of imidazole rings is 1. The molecule has 0 saturated carbocycles. The number of allylic oxidation sites excluding steroid dienone is 2. The third-order valence-electron chi connectivity index (χ3n) is 7.26. The van der Waals surface area contributed by atoms with Gasteiger partial charge >= 0.3 is 0 Å². The lowest BCUT2D eigenvalue weighted by Gasteiger charge is -2.16. The highest BCUT2D eigenvalue weighted by Gasteiger charge is 2.23. The third kappa shape index (κ3) is 6.78. The van der Waals surface area contributed by atoms with Gasteiger partial charge in [0.2, 0.25) is 11.7 Å². The van der Waals surface area contributed by atoms with Crippen LogP contribution in [0.5, 0.6) is 5.88 Å². The molecule has 0 radical (unpaired) electrons. The maximum Gasteiger partial charge on any atom is 0.221 e. The highest BCUT2D eigenvalue weighted by Crippen LogP contribution is 2.36. The van der Waals surface area contributed by atoms with E-state index in [-0.39, 0.29) is 11.4 Å². The van der Waals surface area contributed by atoms with Gasteiger partial charge in [0, 0.05) is 46.7 Å². The monoisotopic (exact) mass is 651 g/mol. The zero-order chi connectivity index (χ0) is 33.0. The van der Waals surface area contributed by atoms with Crippen LogP contribution in [0.3, 0.4) is 0 Å². The molecule has 0 fully saturated rings. The normalized spacial score (nSPS) is 12.1. The number of halogens is 1. The number of Topliss-reactive ketones (excluding diaryl/α,β-unsaturated/α-hetero) is 1. The zero-order valence-electron chi connectivity index (χ0n) is 26.2. The summed E-state index contributed by atoms with van der Waals surface area (Å²) in [6.07, 6.45) is 6.06. The smallest absolute Gasteiger partial charge is 0.221 e. The number of hydrogen-bond donors (Lipinski definition) is 4. The minimum Gasteiger partial charge on any atom is -0.481 e. The molecule has 0 aliphatic carbocycles. The molecule has 0 aliphatic rings. The summed E-state index contributed by atoms with van der Waals surface area (Å²) in [6.45, 7) is 9.77. The Balaban J connectivity index is 1.64. The molecule has 0 aliphatic heterocycles. The molecule has 0 spiro atoms. The molecular weight excluding hydrogens is 618 g/mol. The van der Waals surface area contributed by atoms with Crippen LogP contribution < -0.4 is 15.4 Å². The van der Waals surface area contributed by atoms with Gasteiger partial charge in [-0.1, -0.05) is 48.0 Å². The molecule has 0 unspecified atom stereocenters. The van der Waals surface area contributed by atoms with Gasteiger partial charge < -0.3 is 25.8 Å². The number of H-pyrrole nitrogens is 1. The van der Waals surface area contributed by atoms with E-state index in [1.807, 2.05) is 79.4 Å². The van der Waals surface area contributed by atoms with Gasteiger partial charge in [-0.15, -0.1) is 0 Å². The molecule has 0 saturated heterocycles. The van der Waals surface area contributed by atoms with Crippen molar-refractivity contribution in [2.75, 3.05) is 14.2 Å². The number of nitrogens with zero attached hydrogens (tertiary/aromatic N) is 3. The lowest BCUT2D eigenvalue weighted by Crippen LogP contribution is -2.27. The number of carbonyl (C=O) groups is 1. The SMILES string of the molecule is C=C/C(=C\c1nc(C)[nH]c1C)N/C(NC)=C(\C=N)C(=O)c1cc2ccc(-c3cc(Cl)cnc3OC)cc2n1Sc1ccc(C)cc1. The van der Waals surface area contributed by atoms with Crippen LogP contribution in [0.4, 0.5) is 0 Å². The topological polar surface area (TPSA) is 121 Å². The van der Waals surface area contributed by atoms with Crippen molar-refractivity contribution in [3.63, 3.8) is 0 Å². The standard InChI is InChI=1S/C35H34ClN7O2S/c1-7-26(17-30-21(3)40-22(4)41-30)42-34(38-5)29(18-37)33(44)32-15-24-11-10-23(28-16-25(36)19-39-35(28)45-6)14-31(24)43(32)46-27-12-8-20(2)9-13-27/h7-19,37-38,42H,1H2,2-6H3,(H,40,41)/b26-17+,34-29+,37-18?. The summed E-state index contributed by atoms with van der Waals surface area (Å²) in [6, 6.07) is 17.6. The Morgan fingerprint density at radius 2 is 1.89 bits per heavy atom. The Kier molecular flexibility index (Phi) is 9.79. The lowest BCUT2D eigenvalue weighted by atomic mass is 10.1. The Hall–Kier alpha value is -5.06. The van der Waals surface area contributed by atoms with Gasteiger partial charge in [0.25, 0.3) is 0 Å². The molecule has 0 atom stereocenters. The molecule has 0 bridgehead atoms. The fourth-order valence-electron chi connectivity index (χ4n) is 4.96. The van der Waals surface area contributed by atoms with E-state index in [2.05, 4.69) is 32.2 Å². The second kappa shape index (κ2) is 13.9. The number of fused-ring (bicyclic) bond motifs is 1. The number of aromatic nitrogens is 4. The van der Waals surface area contributed by atoms with Crippen molar-refractivity contribution < 1.29 is 9.53 Å². The summed E-state index contributed by atoms with van der Waals surface area (Å²) in [5.41, 5.74) is 6.27. The number of carbonyl (C=O) groups excluding carboxylic acids is 1. The molecule has 5 rings (SSSR count). The van der Waals surface area contributed by atoms with Crippen LogP contribution >= 0.6 is 23.5 Å². The largest absolute Gasteiger partial charge is 0.481 e. The van der Waals surface area contributed by atoms with Crippen molar-refractivity contribution in [3.8, 4) is 17.0 Å². The van der Waals surface area contributed by atoms with Gasteiger partial charge in [-0.3, -0.25) is 8.77 Å². The van der Waals surface area contributed by atoms with Crippen molar-refractivity contribution in [1.29, 1.82) is 5.41 Å². The molecule has 3 aromatic heterocycles. The number of rotatable bonds is 12. The molecule has 9 nitrogen and oxygen atoms in total. The van der Waals surface area contributed by atoms with E-state index >= 15 is 0 Å². The van der Waals surface area contributed by atoms with Crippen molar-refractivity contribution >= 4 is 52.5 Å². The number of aryl methyl sites for hydroxylation is 3. The van der Waals surface area contributed by atoms with Gasteiger partial charge in [0.05, 0.1) is 28.9 Å². The number of ketones is 1. The first kappa shape index (κ1) is 32.3. The van der Waals surface area contributed by atoms with Crippen molar-refractivity contribution in [2.24, 2.45) is 0 Å². The van der Waals surface area contributed by atoms with E-state index < -0.39 is 0 Å². The van der Waals surface area contributed by atoms with E-state index in [9.17, 15) is 4.79 Å². The van der Waals surface area contributed by atoms with Crippen molar-refractivity contribution in [3.05, 3.63) is 124 Å². The zero-order valence-corrected chi connectivity index (χ0v) is 27.7. The van der Waals surface area contributed by atoms with E-state index in [1.54, 1.807) is 26.3 Å². The van der Waals surface area contributed by atoms with Crippen LogP contribution in [0.1, 0.15) is 33.3 Å². The number of nitrogens with one attached hydrogen (secondary N) is 4. The van der Waals surface area contributed by atoms with Gasteiger partial charge in [-0.2, -0.15) is 0 Å². The fraction of sp³-hybridized carbons (Fsp3) is 0.143. The Morgan fingerprint density at radius 1 is 1.13 bits per heavy atom. The minimum absolute atomic E-state index is 0.139. The highest BCUT2D eigenvalue weighted by atomic mass is 35.5. The number of pyridine rings is 1. The predicted octanol–water partition coefficient (Wildman–Crippen LogP) is 7.65. The van der Waals surface area contributed by atoms with E-state index in [0.717, 1.165) is 55.9 Å². The Bertz CT molecular complexity index is 2020. The van der Waals surface area contributed by atoms with Crippen molar-refractivity contribution in [2.45, 2.75) is 25.7 Å². The van der Waals surface area contributed by atoms with Crippen LogP contribution in [0.15, 0.2) is 95.4 Å². The lowest BCUT2D eigenvalue weighted by molar-refractivity contribution is 0.103. The molecule has 3 heterocycles. The molecule has 5 aromatic rings. The van der Waals surface area contributed by atoms with Gasteiger partial charge in [0.15, 0.2) is 0 Å². The van der Waals surface area contributed by atoms with Crippen LogP contribution in [0.25, 0.3) is 28.1 Å². The quantitative estimate of drug-likeness (QED) is 0.0473. The first-order valence-corrected chi connectivity index (χ1v) is 15.5. The summed E-state index contributed by atoms with van der Waals surface area (Å²) >= 11 is 7.73. The highest BCUT2D eigenvalue weighted by molar-refractivity contribution is 7.98. The molecule has 2 aromatic carbocycles. The molecule has 0 amide bonds. The Labute approximate surface area is 277 Å². The Morgan fingerprint density at radius 3 is 2.52 bits per heavy atom. The molecule has 4 N–H and O–H groups in total. The van der Waals surface area contributed by atoms with Gasteiger partial charge in [-0.05, 0) is 80.8 Å². The van der Waals surface area contributed by atoms with Crippen molar-refractivity contribution in [1.82, 2.24) is 29.6 Å². The molecular formula is C35H34ClN7O2S. The van der Waals surface area contributed by atoms with E-state index in [4.69, 9.17) is 21.7 Å². The molecule has 46 heavy (non-hydrogen) atoms. The number of ether oxygens (including phenoxy) is 1. The van der Waals surface area contributed by atoms with Crippen LogP contribution in [-0.2, 0) is 0 Å². The fourth-order valence-corrected chi connectivity index (χ4v) is 6.08. The minimum atomic E-state index is -0.346. The summed E-state index contributed by atoms with van der Waals surface area (Å²) in [5, 5.41) is 15.9. The van der Waals surface area contributed by atoms with Crippen LogP contribution in [0, 0.1) is 26.2 Å². The van der Waals surface area contributed by atoms with Gasteiger partial charge in [-0.25, -0.2) is 9.97 Å². The number of benzene rings is 2. The molecule has 11 heteroatoms. The number of methoxy groups -OCH3 is 1. The third-order valence-corrected chi connectivity index (χ3v) is 8.53. The van der Waals surface area contributed by atoms with E-state index in [0.29, 0.717) is 28.1 Å². The predicted molar refractivity (Wildman–Crippen MR) is 188 cm³/mol. The second-order valence-corrected chi connectivity index (χ2v) is 11.9. The first-order valence-electron chi connectivity index (χ1n) is 14.4. The summed E-state index contributed by atoms with van der Waals surface area (Å²) in [5.74, 6) is 1.23. The summed E-state index contributed by atoms with van der Waals surface area (Å²) in [7, 11) is 3.26. The van der Waals surface area contributed by atoms with Crippen LogP contribution in [0.2, 0.25) is 5.02 Å². The first-order chi connectivity index (χ1) is 22.1. The van der Waals surface area contributed by atoms with Gasteiger partial charge in [0.1, 0.15) is 17.3 Å². The number of aromatic amines is 1.